The zero-order valence-electron chi connectivity index (χ0n) is 20.6. The third-order valence-electron chi connectivity index (χ3n) is 6.48. The van der Waals surface area contributed by atoms with Crippen molar-refractivity contribution in [3.8, 4) is 11.8 Å². The van der Waals surface area contributed by atoms with E-state index < -0.39 is 21.4 Å². The first-order valence-corrected chi connectivity index (χ1v) is 14.7. The monoisotopic (exact) mass is 558 g/mol. The number of carbonyl (C=O) groups excluding carboxylic acids is 1. The predicted octanol–water partition coefficient (Wildman–Crippen LogP) is 3.06. The molecule has 4 rings (SSSR count). The van der Waals surface area contributed by atoms with Crippen LogP contribution in [0.25, 0.3) is 6.08 Å². The number of aromatic nitrogens is 1. The van der Waals surface area contributed by atoms with Crippen molar-refractivity contribution in [1.29, 1.82) is 5.26 Å². The molecule has 2 aliphatic heterocycles. The van der Waals surface area contributed by atoms with Gasteiger partial charge in [-0.2, -0.15) is 5.26 Å². The summed E-state index contributed by atoms with van der Waals surface area (Å²) < 4.78 is 31.0. The standard InChI is InChI=1S/C25H26N4O5S3/c1-4-28-22(27-13-16-5-7-18(34-3)8-6-16)19(15(2)20(12-26)23(28)30)11-21-24(31)29(25(35)36-21)17-9-10-37(32,33)14-17/h5-8,11,17,27H,4,9-10,13-14H2,1-3H3/b21-11+. The van der Waals surface area contributed by atoms with Gasteiger partial charge in [0.05, 0.1) is 29.6 Å². The summed E-state index contributed by atoms with van der Waals surface area (Å²) in [5.41, 5.74) is 1.51. The molecule has 2 fully saturated rings. The van der Waals surface area contributed by atoms with Crippen molar-refractivity contribution in [3.63, 3.8) is 0 Å². The highest BCUT2D eigenvalue weighted by atomic mass is 32.2. The molecule has 2 aliphatic rings. The van der Waals surface area contributed by atoms with E-state index in [0.29, 0.717) is 45.7 Å². The number of benzene rings is 1. The molecule has 9 nitrogen and oxygen atoms in total. The molecule has 0 spiro atoms. The van der Waals surface area contributed by atoms with Crippen molar-refractivity contribution in [2.75, 3.05) is 23.9 Å². The molecule has 1 N–H and O–H groups in total. The lowest BCUT2D eigenvalue weighted by atomic mass is 10.0. The molecule has 0 radical (unpaired) electrons. The number of ether oxygens (including phenoxy) is 1. The van der Waals surface area contributed by atoms with Crippen LogP contribution < -0.4 is 15.6 Å². The van der Waals surface area contributed by atoms with Crippen LogP contribution in [0.3, 0.4) is 0 Å². The molecule has 0 bridgehead atoms. The van der Waals surface area contributed by atoms with Crippen molar-refractivity contribution in [2.24, 2.45) is 0 Å². The molecular weight excluding hydrogens is 532 g/mol. The summed E-state index contributed by atoms with van der Waals surface area (Å²) in [5.74, 6) is 0.749. The average Bonchev–Trinajstić information content (AvgIpc) is 3.36. The molecule has 1 atom stereocenters. The molecular formula is C25H26N4O5S3. The van der Waals surface area contributed by atoms with Crippen LogP contribution in [0.15, 0.2) is 34.0 Å². The normalized spacial score (nSPS) is 19.9. The number of nitriles is 1. The lowest BCUT2D eigenvalue weighted by molar-refractivity contribution is -0.123. The summed E-state index contributed by atoms with van der Waals surface area (Å²) in [6.07, 6.45) is 1.98. The Bertz CT molecular complexity index is 1500. The van der Waals surface area contributed by atoms with Crippen LogP contribution in [-0.2, 0) is 27.7 Å². The maximum absolute atomic E-state index is 13.3. The van der Waals surface area contributed by atoms with Crippen LogP contribution in [-0.4, -0.2) is 52.8 Å². The van der Waals surface area contributed by atoms with Crippen molar-refractivity contribution in [3.05, 3.63) is 61.8 Å². The summed E-state index contributed by atoms with van der Waals surface area (Å²) >= 11 is 6.53. The fourth-order valence-electron chi connectivity index (χ4n) is 4.49. The Hall–Kier alpha value is -3.14. The van der Waals surface area contributed by atoms with E-state index in [4.69, 9.17) is 17.0 Å². The lowest BCUT2D eigenvalue weighted by Gasteiger charge is -2.21. The van der Waals surface area contributed by atoms with Gasteiger partial charge in [-0.1, -0.05) is 36.1 Å². The third kappa shape index (κ3) is 5.30. The highest BCUT2D eigenvalue weighted by Crippen LogP contribution is 2.38. The summed E-state index contributed by atoms with van der Waals surface area (Å²) in [7, 11) is -1.61. The van der Waals surface area contributed by atoms with Crippen LogP contribution in [0.5, 0.6) is 5.75 Å². The van der Waals surface area contributed by atoms with E-state index in [1.165, 1.54) is 9.47 Å². The molecule has 1 amide bonds. The maximum Gasteiger partial charge on any atom is 0.270 e. The van der Waals surface area contributed by atoms with Gasteiger partial charge in [-0.25, -0.2) is 8.42 Å². The Morgan fingerprint density at radius 3 is 2.57 bits per heavy atom. The first-order valence-electron chi connectivity index (χ1n) is 11.6. The van der Waals surface area contributed by atoms with Gasteiger partial charge in [-0.15, -0.1) is 0 Å². The molecule has 2 aromatic rings. The largest absolute Gasteiger partial charge is 0.497 e. The number of sulfone groups is 1. The van der Waals surface area contributed by atoms with Crippen molar-refractivity contribution in [1.82, 2.24) is 9.47 Å². The maximum atomic E-state index is 13.3. The molecule has 3 heterocycles. The minimum absolute atomic E-state index is 0.000428. The number of amides is 1. The fraction of sp³-hybridized carbons (Fsp3) is 0.360. The Morgan fingerprint density at radius 2 is 2.00 bits per heavy atom. The van der Waals surface area contributed by atoms with E-state index in [9.17, 15) is 23.3 Å². The van der Waals surface area contributed by atoms with Gasteiger partial charge in [0.15, 0.2) is 9.84 Å². The fourth-order valence-corrected chi connectivity index (χ4v) is 7.57. The molecule has 194 valence electrons. The molecule has 0 saturated carbocycles. The number of thioether (sulfide) groups is 1. The third-order valence-corrected chi connectivity index (χ3v) is 9.56. The van der Waals surface area contributed by atoms with E-state index >= 15 is 0 Å². The number of methoxy groups -OCH3 is 1. The Labute approximate surface area is 225 Å². The van der Waals surface area contributed by atoms with Crippen LogP contribution in [0.2, 0.25) is 0 Å². The summed E-state index contributed by atoms with van der Waals surface area (Å²) in [4.78, 5) is 28.1. The number of thiocarbonyl (C=S) groups is 1. The summed E-state index contributed by atoms with van der Waals surface area (Å²) in [6, 6.07) is 8.98. The van der Waals surface area contributed by atoms with Gasteiger partial charge in [-0.05, 0) is 49.6 Å². The second-order valence-corrected chi connectivity index (χ2v) is 12.6. The number of nitrogens with zero attached hydrogens (tertiary/aromatic N) is 3. The van der Waals surface area contributed by atoms with E-state index in [1.54, 1.807) is 27.0 Å². The number of nitrogens with one attached hydrogen (secondary N) is 1. The molecule has 1 unspecified atom stereocenters. The molecule has 2 saturated heterocycles. The van der Waals surface area contributed by atoms with Crippen molar-refractivity contribution < 1.29 is 17.9 Å². The number of carbonyl (C=O) groups is 1. The first kappa shape index (κ1) is 26.9. The van der Waals surface area contributed by atoms with Crippen LogP contribution >= 0.6 is 24.0 Å². The lowest BCUT2D eigenvalue weighted by Crippen LogP contribution is -2.39. The number of anilines is 1. The van der Waals surface area contributed by atoms with Gasteiger partial charge in [0.1, 0.15) is 27.5 Å². The van der Waals surface area contributed by atoms with Gasteiger partial charge < -0.3 is 10.1 Å². The molecule has 12 heteroatoms. The van der Waals surface area contributed by atoms with Crippen molar-refractivity contribution in [2.45, 2.75) is 39.4 Å². The number of hydrogen-bond donors (Lipinski definition) is 1. The topological polar surface area (TPSA) is 122 Å². The van der Waals surface area contributed by atoms with Gasteiger partial charge in [0.25, 0.3) is 11.5 Å². The number of hydrogen-bond acceptors (Lipinski definition) is 9. The predicted molar refractivity (Wildman–Crippen MR) is 148 cm³/mol. The van der Waals surface area contributed by atoms with Crippen LogP contribution in [0, 0.1) is 18.3 Å². The molecule has 1 aromatic carbocycles. The van der Waals surface area contributed by atoms with Gasteiger partial charge in [0.2, 0.25) is 0 Å². The zero-order chi connectivity index (χ0) is 26.9. The Kier molecular flexibility index (Phi) is 7.77. The second kappa shape index (κ2) is 10.7. The molecule has 1 aromatic heterocycles. The first-order chi connectivity index (χ1) is 17.6. The van der Waals surface area contributed by atoms with Gasteiger partial charge in [-0.3, -0.25) is 19.1 Å². The Balaban J connectivity index is 1.75. The summed E-state index contributed by atoms with van der Waals surface area (Å²) in [5, 5.41) is 13.0. The highest BCUT2D eigenvalue weighted by molar-refractivity contribution is 8.26. The average molecular weight is 559 g/mol. The van der Waals surface area contributed by atoms with E-state index in [-0.39, 0.29) is 23.0 Å². The second-order valence-electron chi connectivity index (χ2n) is 8.73. The van der Waals surface area contributed by atoms with Gasteiger partial charge >= 0.3 is 0 Å². The minimum Gasteiger partial charge on any atom is -0.497 e. The van der Waals surface area contributed by atoms with E-state index in [1.807, 2.05) is 30.3 Å². The SMILES string of the molecule is CCn1c(NCc2ccc(OC)cc2)c(/C=C2/SC(=S)N(C3CCS(=O)(=O)C3)C2=O)c(C)c(C#N)c1=O. The van der Waals surface area contributed by atoms with Gasteiger partial charge in [0, 0.05) is 18.7 Å². The smallest absolute Gasteiger partial charge is 0.270 e. The van der Waals surface area contributed by atoms with E-state index in [0.717, 1.165) is 23.1 Å². The summed E-state index contributed by atoms with van der Waals surface area (Å²) in [6.45, 7) is 4.17. The molecule has 0 aliphatic carbocycles. The minimum atomic E-state index is -3.20. The quantitative estimate of drug-likeness (QED) is 0.404. The number of pyridine rings is 1. The Morgan fingerprint density at radius 1 is 1.30 bits per heavy atom. The van der Waals surface area contributed by atoms with Crippen molar-refractivity contribution >= 4 is 55.9 Å². The van der Waals surface area contributed by atoms with Crippen LogP contribution in [0.1, 0.15) is 35.6 Å². The number of rotatable bonds is 7. The zero-order valence-corrected chi connectivity index (χ0v) is 23.1. The molecule has 37 heavy (non-hydrogen) atoms. The van der Waals surface area contributed by atoms with Crippen LogP contribution in [0.4, 0.5) is 5.82 Å². The van der Waals surface area contributed by atoms with E-state index in [2.05, 4.69) is 5.32 Å². The highest BCUT2D eigenvalue weighted by Gasteiger charge is 2.42.